The molecule has 0 bridgehead atoms. The first-order chi connectivity index (χ1) is 7.45. The van der Waals surface area contributed by atoms with Crippen LogP contribution in [0.2, 0.25) is 0 Å². The molecule has 0 spiro atoms. The zero-order chi connectivity index (χ0) is 12.2. The molecule has 0 aromatic rings. The minimum Gasteiger partial charge on any atom is -0.212 e. The van der Waals surface area contributed by atoms with Gasteiger partial charge in [-0.2, -0.15) is 0 Å². The van der Waals surface area contributed by atoms with Crippen LogP contribution in [-0.4, -0.2) is 31.6 Å². The first-order valence-electron chi connectivity index (χ1n) is 6.43. The zero-order valence-electron chi connectivity index (χ0n) is 10.8. The lowest BCUT2D eigenvalue weighted by Crippen LogP contribution is -2.41. The maximum atomic E-state index is 11.9. The maximum absolute atomic E-state index is 11.9. The number of nitrogens with zero attached hydrogens (tertiary/aromatic N) is 1. The van der Waals surface area contributed by atoms with Crippen molar-refractivity contribution in [2.75, 3.05) is 18.8 Å². The Morgan fingerprint density at radius 3 is 2.62 bits per heavy atom. The van der Waals surface area contributed by atoms with Crippen LogP contribution in [0.1, 0.15) is 46.5 Å². The highest BCUT2D eigenvalue weighted by atomic mass is 32.2. The summed E-state index contributed by atoms with van der Waals surface area (Å²) in [5.74, 6) is 1.54. The Kier molecular flexibility index (Phi) is 5.25. The lowest BCUT2D eigenvalue weighted by Gasteiger charge is -2.32. The Morgan fingerprint density at radius 2 is 2.06 bits per heavy atom. The van der Waals surface area contributed by atoms with Crippen LogP contribution in [0.4, 0.5) is 0 Å². The van der Waals surface area contributed by atoms with Crippen molar-refractivity contribution in [2.45, 2.75) is 46.5 Å². The summed E-state index contributed by atoms with van der Waals surface area (Å²) in [5, 5.41) is 0. The fourth-order valence-electron chi connectivity index (χ4n) is 2.53. The lowest BCUT2D eigenvalue weighted by molar-refractivity contribution is 0.238. The quantitative estimate of drug-likeness (QED) is 0.748. The number of hydrogen-bond acceptors (Lipinski definition) is 2. The van der Waals surface area contributed by atoms with E-state index in [9.17, 15) is 8.42 Å². The monoisotopic (exact) mass is 247 g/mol. The average molecular weight is 247 g/mol. The molecule has 1 fully saturated rings. The predicted octanol–water partition coefficient (Wildman–Crippen LogP) is 2.48. The van der Waals surface area contributed by atoms with Gasteiger partial charge in [-0.05, 0) is 37.5 Å². The second-order valence-electron chi connectivity index (χ2n) is 5.31. The molecule has 4 heteroatoms. The van der Waals surface area contributed by atoms with E-state index in [4.69, 9.17) is 0 Å². The maximum Gasteiger partial charge on any atom is 0.214 e. The van der Waals surface area contributed by atoms with Gasteiger partial charge in [0.05, 0.1) is 5.75 Å². The fraction of sp³-hybridized carbons (Fsp3) is 1.00. The molecule has 1 aliphatic heterocycles. The smallest absolute Gasteiger partial charge is 0.212 e. The van der Waals surface area contributed by atoms with E-state index in [0.717, 1.165) is 25.9 Å². The van der Waals surface area contributed by atoms with E-state index in [1.807, 2.05) is 6.92 Å². The second-order valence-corrected chi connectivity index (χ2v) is 7.40. The van der Waals surface area contributed by atoms with Crippen LogP contribution in [-0.2, 0) is 10.0 Å². The van der Waals surface area contributed by atoms with Gasteiger partial charge in [0.2, 0.25) is 10.0 Å². The van der Waals surface area contributed by atoms with Gasteiger partial charge in [-0.15, -0.1) is 0 Å². The molecule has 1 saturated heterocycles. The zero-order valence-corrected chi connectivity index (χ0v) is 11.6. The van der Waals surface area contributed by atoms with Gasteiger partial charge in [0, 0.05) is 13.1 Å². The van der Waals surface area contributed by atoms with E-state index in [2.05, 4.69) is 13.8 Å². The Morgan fingerprint density at radius 1 is 1.38 bits per heavy atom. The van der Waals surface area contributed by atoms with Crippen LogP contribution in [0.5, 0.6) is 0 Å². The standard InChI is InChI=1S/C12H25NO2S/c1-4-8-16(14,15)13-7-5-6-12(10-13)9-11(2)3/h11-12H,4-10H2,1-3H3. The third-order valence-electron chi connectivity index (χ3n) is 3.14. The summed E-state index contributed by atoms with van der Waals surface area (Å²) in [5.41, 5.74) is 0. The SMILES string of the molecule is CCCS(=O)(=O)N1CCCC(CC(C)C)C1. The van der Waals surface area contributed by atoms with Gasteiger partial charge in [-0.3, -0.25) is 0 Å². The number of sulfonamides is 1. The molecular weight excluding hydrogens is 222 g/mol. The highest BCUT2D eigenvalue weighted by molar-refractivity contribution is 7.89. The third-order valence-corrected chi connectivity index (χ3v) is 5.18. The predicted molar refractivity (Wildman–Crippen MR) is 67.8 cm³/mol. The van der Waals surface area contributed by atoms with Crippen molar-refractivity contribution < 1.29 is 8.42 Å². The minimum absolute atomic E-state index is 0.307. The summed E-state index contributed by atoms with van der Waals surface area (Å²) in [6.45, 7) is 7.82. The van der Waals surface area contributed by atoms with Gasteiger partial charge in [0.15, 0.2) is 0 Å². The minimum atomic E-state index is -2.97. The fourth-order valence-corrected chi connectivity index (χ4v) is 4.14. The molecule has 1 rings (SSSR count). The molecule has 0 aliphatic carbocycles. The molecule has 0 aromatic heterocycles. The molecule has 3 nitrogen and oxygen atoms in total. The van der Waals surface area contributed by atoms with Crippen molar-refractivity contribution in [3.63, 3.8) is 0 Å². The average Bonchev–Trinajstić information content (AvgIpc) is 2.17. The van der Waals surface area contributed by atoms with Crippen LogP contribution in [0.25, 0.3) is 0 Å². The topological polar surface area (TPSA) is 37.4 Å². The van der Waals surface area contributed by atoms with Crippen LogP contribution in [0.3, 0.4) is 0 Å². The molecule has 0 N–H and O–H groups in total. The molecule has 1 aliphatic rings. The van der Waals surface area contributed by atoms with E-state index < -0.39 is 10.0 Å². The van der Waals surface area contributed by atoms with Crippen LogP contribution >= 0.6 is 0 Å². The normalized spacial score (nSPS) is 23.9. The Bertz CT molecular complexity index is 298. The summed E-state index contributed by atoms with van der Waals surface area (Å²) in [7, 11) is -2.97. The first kappa shape index (κ1) is 14.0. The molecule has 0 aromatic carbocycles. The molecular formula is C12H25NO2S. The van der Waals surface area contributed by atoms with Gasteiger partial charge in [-0.1, -0.05) is 20.8 Å². The van der Waals surface area contributed by atoms with Gasteiger partial charge >= 0.3 is 0 Å². The molecule has 1 unspecified atom stereocenters. The highest BCUT2D eigenvalue weighted by Gasteiger charge is 2.28. The Labute approximate surface area is 100 Å². The second kappa shape index (κ2) is 6.01. The van der Waals surface area contributed by atoms with Gasteiger partial charge in [0.1, 0.15) is 0 Å². The summed E-state index contributed by atoms with van der Waals surface area (Å²) in [6.07, 6.45) is 4.09. The number of hydrogen-bond donors (Lipinski definition) is 0. The summed E-state index contributed by atoms with van der Waals surface area (Å²) >= 11 is 0. The summed E-state index contributed by atoms with van der Waals surface area (Å²) < 4.78 is 25.6. The molecule has 16 heavy (non-hydrogen) atoms. The van der Waals surface area contributed by atoms with E-state index in [-0.39, 0.29) is 0 Å². The summed E-state index contributed by atoms with van der Waals surface area (Å²) in [6, 6.07) is 0. The van der Waals surface area contributed by atoms with Gasteiger partial charge in [-0.25, -0.2) is 12.7 Å². The largest absolute Gasteiger partial charge is 0.214 e. The van der Waals surface area contributed by atoms with E-state index in [1.54, 1.807) is 4.31 Å². The van der Waals surface area contributed by atoms with Crippen molar-refractivity contribution in [1.82, 2.24) is 4.31 Å². The van der Waals surface area contributed by atoms with Crippen molar-refractivity contribution in [2.24, 2.45) is 11.8 Å². The molecule has 1 atom stereocenters. The summed E-state index contributed by atoms with van der Waals surface area (Å²) in [4.78, 5) is 0. The number of piperidine rings is 1. The van der Waals surface area contributed by atoms with E-state index >= 15 is 0 Å². The molecule has 0 amide bonds. The molecule has 1 heterocycles. The van der Waals surface area contributed by atoms with Gasteiger partial charge in [0.25, 0.3) is 0 Å². The van der Waals surface area contributed by atoms with E-state index in [1.165, 1.54) is 6.42 Å². The first-order valence-corrected chi connectivity index (χ1v) is 8.04. The van der Waals surface area contributed by atoms with Crippen LogP contribution in [0, 0.1) is 11.8 Å². The van der Waals surface area contributed by atoms with Gasteiger partial charge < -0.3 is 0 Å². The van der Waals surface area contributed by atoms with Crippen LogP contribution < -0.4 is 0 Å². The van der Waals surface area contributed by atoms with E-state index in [0.29, 0.717) is 24.0 Å². The molecule has 0 radical (unpaired) electrons. The van der Waals surface area contributed by atoms with Crippen molar-refractivity contribution in [3.8, 4) is 0 Å². The van der Waals surface area contributed by atoms with Crippen molar-refractivity contribution in [1.29, 1.82) is 0 Å². The van der Waals surface area contributed by atoms with Crippen molar-refractivity contribution in [3.05, 3.63) is 0 Å². The highest BCUT2D eigenvalue weighted by Crippen LogP contribution is 2.25. The third kappa shape index (κ3) is 4.06. The van der Waals surface area contributed by atoms with Crippen LogP contribution in [0.15, 0.2) is 0 Å². The Balaban J connectivity index is 2.56. The Hall–Kier alpha value is -0.0900. The molecule has 0 saturated carbocycles. The number of rotatable bonds is 5. The van der Waals surface area contributed by atoms with Crippen molar-refractivity contribution >= 4 is 10.0 Å². The lowest BCUT2D eigenvalue weighted by atomic mass is 9.91. The molecule has 96 valence electrons.